The van der Waals surface area contributed by atoms with E-state index in [0.29, 0.717) is 6.54 Å². The number of rotatable bonds is 4. The van der Waals surface area contributed by atoms with E-state index in [2.05, 4.69) is 5.32 Å². The first-order valence-electron chi connectivity index (χ1n) is 4.73. The molecule has 3 heteroatoms. The van der Waals surface area contributed by atoms with Gasteiger partial charge >= 0.3 is 0 Å². The Morgan fingerprint density at radius 3 is 2.43 bits per heavy atom. The van der Waals surface area contributed by atoms with Crippen molar-refractivity contribution in [3.8, 4) is 0 Å². The van der Waals surface area contributed by atoms with E-state index < -0.39 is 6.10 Å². The smallest absolute Gasteiger partial charge is 0.123 e. The van der Waals surface area contributed by atoms with E-state index in [1.165, 1.54) is 12.1 Å². The van der Waals surface area contributed by atoms with Crippen LogP contribution in [0.2, 0.25) is 0 Å². The van der Waals surface area contributed by atoms with E-state index in [4.69, 9.17) is 0 Å². The van der Waals surface area contributed by atoms with Crippen LogP contribution in [0, 0.1) is 5.82 Å². The highest BCUT2D eigenvalue weighted by Gasteiger charge is 2.14. The molecular formula is C11H16FNO. The summed E-state index contributed by atoms with van der Waals surface area (Å²) in [6.07, 6.45) is -0.439. The molecule has 2 nitrogen and oxygen atoms in total. The molecule has 78 valence electrons. The van der Waals surface area contributed by atoms with E-state index >= 15 is 0 Å². The van der Waals surface area contributed by atoms with Gasteiger partial charge in [-0.25, -0.2) is 4.39 Å². The highest BCUT2D eigenvalue weighted by molar-refractivity contribution is 5.20. The molecule has 14 heavy (non-hydrogen) atoms. The van der Waals surface area contributed by atoms with Gasteiger partial charge in [-0.3, -0.25) is 0 Å². The summed E-state index contributed by atoms with van der Waals surface area (Å²) in [5, 5.41) is 12.6. The van der Waals surface area contributed by atoms with Crippen molar-refractivity contribution >= 4 is 0 Å². The predicted octanol–water partition coefficient (Wildman–Crippen LogP) is 1.51. The van der Waals surface area contributed by atoms with Crippen molar-refractivity contribution in [3.63, 3.8) is 0 Å². The van der Waals surface area contributed by atoms with Crippen LogP contribution in [-0.4, -0.2) is 24.8 Å². The first kappa shape index (κ1) is 11.1. The number of hydrogen-bond donors (Lipinski definition) is 2. The molecule has 0 aliphatic heterocycles. The summed E-state index contributed by atoms with van der Waals surface area (Å²) in [4.78, 5) is 0. The van der Waals surface area contributed by atoms with E-state index in [-0.39, 0.29) is 11.7 Å². The summed E-state index contributed by atoms with van der Waals surface area (Å²) in [6.45, 7) is 2.47. The summed E-state index contributed by atoms with van der Waals surface area (Å²) >= 11 is 0. The second kappa shape index (κ2) is 5.08. The molecule has 0 bridgehead atoms. The van der Waals surface area contributed by atoms with Gasteiger partial charge in [-0.15, -0.1) is 0 Å². The van der Waals surface area contributed by atoms with Crippen LogP contribution >= 0.6 is 0 Å². The lowest BCUT2D eigenvalue weighted by Gasteiger charge is -2.18. The Balaban J connectivity index is 2.68. The Kier molecular flexibility index (Phi) is 4.04. The Morgan fingerprint density at radius 2 is 1.93 bits per heavy atom. The lowest BCUT2D eigenvalue weighted by molar-refractivity contribution is 0.149. The normalized spacial score (nSPS) is 15.1. The number of likely N-dealkylation sites (N-methyl/N-ethyl adjacent to an activating group) is 1. The Labute approximate surface area is 83.8 Å². The fourth-order valence-electron chi connectivity index (χ4n) is 1.37. The third kappa shape index (κ3) is 2.79. The third-order valence-corrected chi connectivity index (χ3v) is 2.39. The highest BCUT2D eigenvalue weighted by Crippen LogP contribution is 2.18. The van der Waals surface area contributed by atoms with Crippen LogP contribution in [0.3, 0.4) is 0 Å². The second-order valence-electron chi connectivity index (χ2n) is 3.47. The van der Waals surface area contributed by atoms with Gasteiger partial charge in [0.25, 0.3) is 0 Å². The summed E-state index contributed by atoms with van der Waals surface area (Å²) < 4.78 is 12.6. The van der Waals surface area contributed by atoms with Gasteiger partial charge in [0.2, 0.25) is 0 Å². The minimum atomic E-state index is -0.439. The molecule has 0 radical (unpaired) electrons. The van der Waals surface area contributed by atoms with Crippen molar-refractivity contribution in [2.45, 2.75) is 18.9 Å². The van der Waals surface area contributed by atoms with E-state index in [1.807, 2.05) is 6.92 Å². The number of aliphatic hydroxyl groups excluding tert-OH is 1. The standard InChI is InChI=1S/C11H16FNO/c1-8(11(14)7-13-2)9-3-5-10(12)6-4-9/h3-6,8,11,13-14H,7H2,1-2H3. The maximum absolute atomic E-state index is 12.6. The van der Waals surface area contributed by atoms with Gasteiger partial charge in [-0.05, 0) is 24.7 Å². The van der Waals surface area contributed by atoms with Gasteiger partial charge in [0.15, 0.2) is 0 Å². The predicted molar refractivity (Wildman–Crippen MR) is 54.7 cm³/mol. The average Bonchev–Trinajstić information content (AvgIpc) is 2.18. The molecular weight excluding hydrogens is 181 g/mol. The zero-order valence-corrected chi connectivity index (χ0v) is 8.50. The summed E-state index contributed by atoms with van der Waals surface area (Å²) in [5.41, 5.74) is 0.953. The van der Waals surface area contributed by atoms with E-state index in [0.717, 1.165) is 5.56 Å². The molecule has 0 aliphatic rings. The molecule has 1 aromatic carbocycles. The Hall–Kier alpha value is -0.930. The maximum Gasteiger partial charge on any atom is 0.123 e. The number of aliphatic hydroxyl groups is 1. The van der Waals surface area contributed by atoms with Crippen molar-refractivity contribution in [1.29, 1.82) is 0 Å². The number of hydrogen-bond acceptors (Lipinski definition) is 2. The minimum absolute atomic E-state index is 0.0167. The largest absolute Gasteiger partial charge is 0.391 e. The number of benzene rings is 1. The lowest BCUT2D eigenvalue weighted by atomic mass is 9.95. The monoisotopic (exact) mass is 197 g/mol. The molecule has 0 aliphatic carbocycles. The van der Waals surface area contributed by atoms with Gasteiger partial charge in [0, 0.05) is 12.5 Å². The van der Waals surface area contributed by atoms with Crippen LogP contribution < -0.4 is 5.32 Å². The summed E-state index contributed by atoms with van der Waals surface area (Å²) in [6, 6.07) is 6.24. The number of halogens is 1. The molecule has 0 amide bonds. The van der Waals surface area contributed by atoms with E-state index in [1.54, 1.807) is 19.2 Å². The van der Waals surface area contributed by atoms with Crippen molar-refractivity contribution in [2.24, 2.45) is 0 Å². The fraction of sp³-hybridized carbons (Fsp3) is 0.455. The fourth-order valence-corrected chi connectivity index (χ4v) is 1.37. The molecule has 0 spiro atoms. The summed E-state index contributed by atoms with van der Waals surface area (Å²) in [7, 11) is 1.79. The van der Waals surface area contributed by atoms with Crippen LogP contribution in [0.5, 0.6) is 0 Å². The maximum atomic E-state index is 12.6. The molecule has 1 aromatic rings. The topological polar surface area (TPSA) is 32.3 Å². The SMILES string of the molecule is CNCC(O)C(C)c1ccc(F)cc1. The van der Waals surface area contributed by atoms with Crippen LogP contribution in [0.25, 0.3) is 0 Å². The van der Waals surface area contributed by atoms with Crippen molar-refractivity contribution < 1.29 is 9.50 Å². The Morgan fingerprint density at radius 1 is 1.36 bits per heavy atom. The molecule has 0 fully saturated rings. The number of nitrogens with one attached hydrogen (secondary N) is 1. The zero-order chi connectivity index (χ0) is 10.6. The molecule has 2 atom stereocenters. The van der Waals surface area contributed by atoms with Crippen molar-refractivity contribution in [3.05, 3.63) is 35.6 Å². The van der Waals surface area contributed by atoms with Gasteiger partial charge in [0.1, 0.15) is 5.82 Å². The zero-order valence-electron chi connectivity index (χ0n) is 8.50. The minimum Gasteiger partial charge on any atom is -0.391 e. The molecule has 1 rings (SSSR count). The van der Waals surface area contributed by atoms with Crippen LogP contribution in [-0.2, 0) is 0 Å². The molecule has 0 saturated carbocycles. The highest BCUT2D eigenvalue weighted by atomic mass is 19.1. The van der Waals surface area contributed by atoms with Gasteiger partial charge < -0.3 is 10.4 Å². The first-order valence-corrected chi connectivity index (χ1v) is 4.73. The molecule has 2 N–H and O–H groups in total. The van der Waals surface area contributed by atoms with Crippen molar-refractivity contribution in [2.75, 3.05) is 13.6 Å². The van der Waals surface area contributed by atoms with Crippen molar-refractivity contribution in [1.82, 2.24) is 5.32 Å². The third-order valence-electron chi connectivity index (χ3n) is 2.39. The van der Waals surface area contributed by atoms with Crippen LogP contribution in [0.1, 0.15) is 18.4 Å². The van der Waals surface area contributed by atoms with Crippen LogP contribution in [0.15, 0.2) is 24.3 Å². The Bertz CT molecular complexity index is 273. The molecule has 0 heterocycles. The lowest BCUT2D eigenvalue weighted by Crippen LogP contribution is -2.28. The van der Waals surface area contributed by atoms with Gasteiger partial charge in [-0.1, -0.05) is 19.1 Å². The first-order chi connectivity index (χ1) is 6.65. The summed E-state index contributed by atoms with van der Waals surface area (Å²) in [5.74, 6) is -0.230. The van der Waals surface area contributed by atoms with Gasteiger partial charge in [0.05, 0.1) is 6.10 Å². The molecule has 0 saturated heterocycles. The van der Waals surface area contributed by atoms with E-state index in [9.17, 15) is 9.50 Å². The second-order valence-corrected chi connectivity index (χ2v) is 3.47. The quantitative estimate of drug-likeness (QED) is 0.766. The molecule has 0 aromatic heterocycles. The van der Waals surface area contributed by atoms with Crippen LogP contribution in [0.4, 0.5) is 4.39 Å². The average molecular weight is 197 g/mol. The molecule has 2 unspecified atom stereocenters. The van der Waals surface area contributed by atoms with Gasteiger partial charge in [-0.2, -0.15) is 0 Å².